The Bertz CT molecular complexity index is 574. The van der Waals surface area contributed by atoms with Crippen molar-refractivity contribution >= 4 is 27.3 Å². The minimum atomic E-state index is -3.30. The molecule has 1 atom stereocenters. The molecule has 0 unspecified atom stereocenters. The van der Waals surface area contributed by atoms with Gasteiger partial charge < -0.3 is 11.1 Å². The Labute approximate surface area is 119 Å². The van der Waals surface area contributed by atoms with Crippen molar-refractivity contribution in [2.24, 2.45) is 11.1 Å². The summed E-state index contributed by atoms with van der Waals surface area (Å²) in [5.74, 6) is -0.277. The van der Waals surface area contributed by atoms with E-state index in [1.807, 2.05) is 20.8 Å². The van der Waals surface area contributed by atoms with E-state index in [0.717, 1.165) is 6.26 Å². The van der Waals surface area contributed by atoms with Gasteiger partial charge in [-0.2, -0.15) is 0 Å². The van der Waals surface area contributed by atoms with Gasteiger partial charge in [0, 0.05) is 11.4 Å². The lowest BCUT2D eigenvalue weighted by atomic mass is 9.87. The van der Waals surface area contributed by atoms with E-state index in [4.69, 9.17) is 5.73 Å². The van der Waals surface area contributed by atoms with Crippen LogP contribution in [0.25, 0.3) is 0 Å². The average Bonchev–Trinajstić information content (AvgIpc) is 2.27. The highest BCUT2D eigenvalue weighted by molar-refractivity contribution is 7.92. The Morgan fingerprint density at radius 3 is 2.00 bits per heavy atom. The van der Waals surface area contributed by atoms with Gasteiger partial charge in [-0.3, -0.25) is 9.52 Å². The third-order valence-corrected chi connectivity index (χ3v) is 3.28. The van der Waals surface area contributed by atoms with Crippen molar-refractivity contribution < 1.29 is 13.2 Å². The lowest BCUT2D eigenvalue weighted by molar-refractivity contribution is -0.119. The van der Waals surface area contributed by atoms with Crippen LogP contribution in [0.2, 0.25) is 0 Å². The number of anilines is 2. The first kappa shape index (κ1) is 16.5. The van der Waals surface area contributed by atoms with E-state index in [9.17, 15) is 13.2 Å². The highest BCUT2D eigenvalue weighted by Gasteiger charge is 2.27. The van der Waals surface area contributed by atoms with Gasteiger partial charge in [0.15, 0.2) is 0 Å². The molecule has 0 saturated carbocycles. The Kier molecular flexibility index (Phi) is 4.77. The van der Waals surface area contributed by atoms with Crippen molar-refractivity contribution in [3.8, 4) is 0 Å². The van der Waals surface area contributed by atoms with Crippen molar-refractivity contribution in [1.29, 1.82) is 0 Å². The number of carbonyl (C=O) groups excluding carboxylic acids is 1. The monoisotopic (exact) mass is 299 g/mol. The number of amides is 1. The number of sulfonamides is 1. The zero-order valence-electron chi connectivity index (χ0n) is 12.1. The molecule has 1 aromatic rings. The van der Waals surface area contributed by atoms with Gasteiger partial charge >= 0.3 is 0 Å². The van der Waals surface area contributed by atoms with E-state index in [-0.39, 0.29) is 11.3 Å². The Morgan fingerprint density at radius 1 is 1.15 bits per heavy atom. The van der Waals surface area contributed by atoms with E-state index in [1.165, 1.54) is 0 Å². The molecule has 1 amide bonds. The highest BCUT2D eigenvalue weighted by atomic mass is 32.2. The molecule has 4 N–H and O–H groups in total. The third-order valence-electron chi connectivity index (χ3n) is 2.67. The molecular weight excluding hydrogens is 278 g/mol. The number of benzene rings is 1. The standard InChI is InChI=1S/C13H21N3O3S/c1-13(2,3)11(14)12(17)15-9-5-7-10(8-6-9)16-20(4,18)19/h5-8,11,16H,14H2,1-4H3,(H,15,17)/t11-/m0/s1. The van der Waals surface area contributed by atoms with Gasteiger partial charge in [0.1, 0.15) is 0 Å². The summed E-state index contributed by atoms with van der Waals surface area (Å²) in [6.45, 7) is 5.66. The van der Waals surface area contributed by atoms with Gasteiger partial charge in [0.2, 0.25) is 15.9 Å². The molecule has 0 saturated heterocycles. The van der Waals surface area contributed by atoms with Gasteiger partial charge in [0.25, 0.3) is 0 Å². The minimum absolute atomic E-state index is 0.277. The van der Waals surface area contributed by atoms with Crippen molar-refractivity contribution in [3.63, 3.8) is 0 Å². The molecule has 0 aliphatic heterocycles. The SMILES string of the molecule is CC(C)(C)[C@@H](N)C(=O)Nc1ccc(NS(C)(=O)=O)cc1. The van der Waals surface area contributed by atoms with Gasteiger partial charge in [0.05, 0.1) is 12.3 Å². The first-order valence-electron chi connectivity index (χ1n) is 6.13. The van der Waals surface area contributed by atoms with Gasteiger partial charge in [-0.25, -0.2) is 8.42 Å². The van der Waals surface area contributed by atoms with E-state index in [2.05, 4.69) is 10.0 Å². The van der Waals surface area contributed by atoms with E-state index >= 15 is 0 Å². The molecule has 0 heterocycles. The topological polar surface area (TPSA) is 101 Å². The van der Waals surface area contributed by atoms with Crippen LogP contribution in [0.5, 0.6) is 0 Å². The summed E-state index contributed by atoms with van der Waals surface area (Å²) >= 11 is 0. The summed E-state index contributed by atoms with van der Waals surface area (Å²) in [5.41, 5.74) is 6.52. The number of hydrogen-bond acceptors (Lipinski definition) is 4. The molecule has 0 bridgehead atoms. The molecule has 6 nitrogen and oxygen atoms in total. The Balaban J connectivity index is 2.73. The molecule has 0 radical (unpaired) electrons. The summed E-state index contributed by atoms with van der Waals surface area (Å²) in [4.78, 5) is 11.9. The molecule has 112 valence electrons. The van der Waals surface area contributed by atoms with Crippen LogP contribution in [0.15, 0.2) is 24.3 Å². The molecule has 0 aromatic heterocycles. The zero-order valence-corrected chi connectivity index (χ0v) is 12.9. The second-order valence-corrected chi connectivity index (χ2v) is 7.53. The molecule has 0 aliphatic rings. The summed E-state index contributed by atoms with van der Waals surface area (Å²) in [5, 5.41) is 2.70. The van der Waals surface area contributed by atoms with Gasteiger partial charge in [-0.15, -0.1) is 0 Å². The van der Waals surface area contributed by atoms with Crippen molar-refractivity contribution in [2.45, 2.75) is 26.8 Å². The zero-order chi connectivity index (χ0) is 15.6. The third kappa shape index (κ3) is 5.18. The van der Waals surface area contributed by atoms with E-state index in [0.29, 0.717) is 11.4 Å². The number of hydrogen-bond donors (Lipinski definition) is 3. The smallest absolute Gasteiger partial charge is 0.241 e. The lowest BCUT2D eigenvalue weighted by Crippen LogP contribution is -2.45. The first-order valence-corrected chi connectivity index (χ1v) is 8.02. The molecule has 7 heteroatoms. The maximum atomic E-state index is 11.9. The van der Waals surface area contributed by atoms with E-state index < -0.39 is 16.1 Å². The normalized spacial score (nSPS) is 13.7. The number of nitrogens with two attached hydrogens (primary N) is 1. The largest absolute Gasteiger partial charge is 0.325 e. The summed E-state index contributed by atoms with van der Waals surface area (Å²) in [6.07, 6.45) is 1.07. The predicted molar refractivity (Wildman–Crippen MR) is 81.0 cm³/mol. The summed E-state index contributed by atoms with van der Waals surface area (Å²) < 4.78 is 24.5. The number of carbonyl (C=O) groups is 1. The second-order valence-electron chi connectivity index (χ2n) is 5.78. The van der Waals surface area contributed by atoms with Crippen LogP contribution in [0.3, 0.4) is 0 Å². The molecule has 1 rings (SSSR count). The fourth-order valence-corrected chi connectivity index (χ4v) is 2.01. The van der Waals surface area contributed by atoms with Crippen LogP contribution in [0.4, 0.5) is 11.4 Å². The average molecular weight is 299 g/mol. The Morgan fingerprint density at radius 2 is 1.60 bits per heavy atom. The fourth-order valence-electron chi connectivity index (χ4n) is 1.45. The molecule has 0 fully saturated rings. The Hall–Kier alpha value is -1.60. The molecule has 20 heavy (non-hydrogen) atoms. The maximum absolute atomic E-state index is 11.9. The van der Waals surface area contributed by atoms with Crippen LogP contribution in [0.1, 0.15) is 20.8 Å². The molecule has 0 spiro atoms. The van der Waals surface area contributed by atoms with Crippen LogP contribution < -0.4 is 15.8 Å². The molecule has 0 aliphatic carbocycles. The van der Waals surface area contributed by atoms with E-state index in [1.54, 1.807) is 24.3 Å². The number of rotatable bonds is 4. The molecule has 1 aromatic carbocycles. The van der Waals surface area contributed by atoms with Crippen LogP contribution in [0, 0.1) is 5.41 Å². The first-order chi connectivity index (χ1) is 8.99. The summed E-state index contributed by atoms with van der Waals surface area (Å²) in [7, 11) is -3.30. The minimum Gasteiger partial charge on any atom is -0.325 e. The maximum Gasteiger partial charge on any atom is 0.241 e. The van der Waals surface area contributed by atoms with Crippen molar-refractivity contribution in [2.75, 3.05) is 16.3 Å². The van der Waals surface area contributed by atoms with Crippen LogP contribution >= 0.6 is 0 Å². The molecular formula is C13H21N3O3S. The number of nitrogens with one attached hydrogen (secondary N) is 2. The lowest BCUT2D eigenvalue weighted by Gasteiger charge is -2.25. The highest BCUT2D eigenvalue weighted by Crippen LogP contribution is 2.20. The van der Waals surface area contributed by atoms with Gasteiger partial charge in [-0.05, 0) is 29.7 Å². The van der Waals surface area contributed by atoms with Crippen LogP contribution in [-0.2, 0) is 14.8 Å². The van der Waals surface area contributed by atoms with Crippen LogP contribution in [-0.4, -0.2) is 26.6 Å². The predicted octanol–water partition coefficient (Wildman–Crippen LogP) is 1.37. The quantitative estimate of drug-likeness (QED) is 0.781. The fraction of sp³-hybridized carbons (Fsp3) is 0.462. The second kappa shape index (κ2) is 5.80. The van der Waals surface area contributed by atoms with Crippen molar-refractivity contribution in [3.05, 3.63) is 24.3 Å². The van der Waals surface area contributed by atoms with Gasteiger partial charge in [-0.1, -0.05) is 20.8 Å². The van der Waals surface area contributed by atoms with Crippen molar-refractivity contribution in [1.82, 2.24) is 0 Å². The summed E-state index contributed by atoms with van der Waals surface area (Å²) in [6, 6.07) is 5.73.